The summed E-state index contributed by atoms with van der Waals surface area (Å²) in [5.41, 5.74) is 0.653. The van der Waals surface area contributed by atoms with Gasteiger partial charge in [-0.1, -0.05) is 11.6 Å². The summed E-state index contributed by atoms with van der Waals surface area (Å²) >= 11 is 10.9. The number of rotatable bonds is 3. The number of halogens is 2. The van der Waals surface area contributed by atoms with Gasteiger partial charge in [0.1, 0.15) is 5.15 Å². The molecule has 0 radical (unpaired) electrons. The van der Waals surface area contributed by atoms with E-state index in [0.717, 1.165) is 18.1 Å². The molecule has 1 amide bonds. The fourth-order valence-corrected chi connectivity index (χ4v) is 3.08. The zero-order valence-electron chi connectivity index (χ0n) is 9.58. The van der Waals surface area contributed by atoms with E-state index in [1.54, 1.807) is 12.3 Å². The summed E-state index contributed by atoms with van der Waals surface area (Å²) < 4.78 is 0.674. The van der Waals surface area contributed by atoms with E-state index in [9.17, 15) is 4.79 Å². The Balaban J connectivity index is 1.88. The molecule has 0 bridgehead atoms. The zero-order valence-corrected chi connectivity index (χ0v) is 12.7. The van der Waals surface area contributed by atoms with Crippen LogP contribution in [-0.2, 0) is 4.79 Å². The summed E-state index contributed by atoms with van der Waals surface area (Å²) in [4.78, 5) is 15.8. The van der Waals surface area contributed by atoms with E-state index >= 15 is 0 Å². The molecule has 4 nitrogen and oxygen atoms in total. The maximum absolute atomic E-state index is 11.8. The first kappa shape index (κ1) is 14.1. The van der Waals surface area contributed by atoms with Gasteiger partial charge in [0.2, 0.25) is 5.91 Å². The third kappa shape index (κ3) is 4.12. The summed E-state index contributed by atoms with van der Waals surface area (Å²) in [7, 11) is 0. The Morgan fingerprint density at radius 2 is 2.56 bits per heavy atom. The molecule has 2 N–H and O–H groups in total. The fraction of sp³-hybridized carbons (Fsp3) is 0.455. The van der Waals surface area contributed by atoms with Crippen molar-refractivity contribution in [2.45, 2.75) is 12.5 Å². The van der Waals surface area contributed by atoms with Gasteiger partial charge >= 0.3 is 0 Å². The van der Waals surface area contributed by atoms with Crippen molar-refractivity contribution in [2.75, 3.05) is 23.4 Å². The highest BCUT2D eigenvalue weighted by molar-refractivity contribution is 9.10. The SMILES string of the molecule is O=C(CC1CSCCN1)Nc1cnc(Cl)c(Br)c1. The van der Waals surface area contributed by atoms with Crippen LogP contribution in [0.1, 0.15) is 6.42 Å². The van der Waals surface area contributed by atoms with Gasteiger partial charge in [0.25, 0.3) is 0 Å². The molecule has 98 valence electrons. The first-order valence-electron chi connectivity index (χ1n) is 5.57. The predicted molar refractivity (Wildman–Crippen MR) is 79.3 cm³/mol. The lowest BCUT2D eigenvalue weighted by molar-refractivity contribution is -0.116. The van der Waals surface area contributed by atoms with Gasteiger partial charge in [0.15, 0.2) is 0 Å². The lowest BCUT2D eigenvalue weighted by Crippen LogP contribution is -2.39. The molecule has 18 heavy (non-hydrogen) atoms. The summed E-state index contributed by atoms with van der Waals surface area (Å²) in [6.07, 6.45) is 2.03. The van der Waals surface area contributed by atoms with Crippen LogP contribution >= 0.6 is 39.3 Å². The summed E-state index contributed by atoms with van der Waals surface area (Å²) in [6.45, 7) is 0.969. The van der Waals surface area contributed by atoms with Crippen molar-refractivity contribution in [2.24, 2.45) is 0 Å². The standard InChI is InChI=1S/C11H13BrClN3OS/c12-9-3-7(5-15-11(9)13)16-10(17)4-8-6-18-2-1-14-8/h3,5,8,14H,1-2,4,6H2,(H,16,17). The lowest BCUT2D eigenvalue weighted by Gasteiger charge is -2.22. The van der Waals surface area contributed by atoms with Crippen molar-refractivity contribution in [1.82, 2.24) is 10.3 Å². The minimum Gasteiger partial charge on any atom is -0.325 e. The van der Waals surface area contributed by atoms with E-state index in [1.165, 1.54) is 0 Å². The van der Waals surface area contributed by atoms with Gasteiger partial charge in [-0.3, -0.25) is 4.79 Å². The van der Waals surface area contributed by atoms with Crippen LogP contribution in [0.4, 0.5) is 5.69 Å². The van der Waals surface area contributed by atoms with Crippen molar-refractivity contribution in [3.8, 4) is 0 Å². The summed E-state index contributed by atoms with van der Waals surface area (Å²) in [5.74, 6) is 2.09. The second-order valence-corrected chi connectivity index (χ2v) is 6.34. The number of nitrogens with zero attached hydrogens (tertiary/aromatic N) is 1. The number of carbonyl (C=O) groups excluding carboxylic acids is 1. The molecule has 2 heterocycles. The molecule has 1 atom stereocenters. The van der Waals surface area contributed by atoms with Crippen molar-refractivity contribution in [1.29, 1.82) is 0 Å². The van der Waals surface area contributed by atoms with Gasteiger partial charge in [-0.25, -0.2) is 4.98 Å². The molecule has 1 aromatic rings. The second kappa shape index (κ2) is 6.75. The molecule has 2 rings (SSSR count). The molecule has 0 spiro atoms. The molecule has 7 heteroatoms. The number of anilines is 1. The number of carbonyl (C=O) groups is 1. The van der Waals surface area contributed by atoms with Gasteiger partial charge in [-0.15, -0.1) is 0 Å². The van der Waals surface area contributed by atoms with E-state index in [4.69, 9.17) is 11.6 Å². The highest BCUT2D eigenvalue weighted by Crippen LogP contribution is 2.23. The van der Waals surface area contributed by atoms with Crippen LogP contribution in [0.2, 0.25) is 5.15 Å². The van der Waals surface area contributed by atoms with E-state index in [-0.39, 0.29) is 11.9 Å². The average Bonchev–Trinajstić information content (AvgIpc) is 2.35. The fourth-order valence-electron chi connectivity index (χ4n) is 1.68. The van der Waals surface area contributed by atoms with Crippen LogP contribution in [0.3, 0.4) is 0 Å². The number of pyridine rings is 1. The normalized spacial score (nSPS) is 19.6. The molecule has 0 saturated carbocycles. The predicted octanol–water partition coefficient (Wildman–Crippen LogP) is 2.53. The zero-order chi connectivity index (χ0) is 13.0. The van der Waals surface area contributed by atoms with Crippen LogP contribution in [-0.4, -0.2) is 35.0 Å². The summed E-state index contributed by atoms with van der Waals surface area (Å²) in [5, 5.41) is 6.53. The van der Waals surface area contributed by atoms with Crippen LogP contribution in [0.5, 0.6) is 0 Å². The Morgan fingerprint density at radius 1 is 1.72 bits per heavy atom. The van der Waals surface area contributed by atoms with Gasteiger partial charge in [0, 0.05) is 30.5 Å². The Morgan fingerprint density at radius 3 is 3.22 bits per heavy atom. The van der Waals surface area contributed by atoms with Crippen LogP contribution in [0.25, 0.3) is 0 Å². The molecule has 1 unspecified atom stereocenters. The lowest BCUT2D eigenvalue weighted by atomic mass is 10.2. The number of aromatic nitrogens is 1. The molecule has 1 aliphatic rings. The van der Waals surface area contributed by atoms with E-state index in [0.29, 0.717) is 21.7 Å². The molecular weight excluding hydrogens is 338 g/mol. The van der Waals surface area contributed by atoms with Crippen LogP contribution < -0.4 is 10.6 Å². The second-order valence-electron chi connectivity index (χ2n) is 3.97. The number of amides is 1. The monoisotopic (exact) mass is 349 g/mol. The van der Waals surface area contributed by atoms with Crippen molar-refractivity contribution in [3.05, 3.63) is 21.9 Å². The van der Waals surface area contributed by atoms with Crippen molar-refractivity contribution < 1.29 is 4.79 Å². The van der Waals surface area contributed by atoms with E-state index < -0.39 is 0 Å². The van der Waals surface area contributed by atoms with Gasteiger partial charge in [-0.05, 0) is 22.0 Å². The maximum atomic E-state index is 11.8. The minimum atomic E-state index is -0.00831. The third-order valence-electron chi connectivity index (χ3n) is 2.51. The molecule has 1 saturated heterocycles. The minimum absolute atomic E-state index is 0.00831. The Kier molecular flexibility index (Phi) is 5.29. The smallest absolute Gasteiger partial charge is 0.226 e. The third-order valence-corrected chi connectivity index (χ3v) is 4.78. The number of hydrogen-bond acceptors (Lipinski definition) is 4. The topological polar surface area (TPSA) is 54.0 Å². The molecule has 1 aliphatic heterocycles. The van der Waals surface area contributed by atoms with Crippen LogP contribution in [0.15, 0.2) is 16.7 Å². The van der Waals surface area contributed by atoms with E-state index in [2.05, 4.69) is 31.5 Å². The molecular formula is C11H13BrClN3OS. The number of nitrogens with one attached hydrogen (secondary N) is 2. The van der Waals surface area contributed by atoms with Gasteiger partial charge in [-0.2, -0.15) is 11.8 Å². The van der Waals surface area contributed by atoms with Gasteiger partial charge in [0.05, 0.1) is 16.4 Å². The first-order valence-corrected chi connectivity index (χ1v) is 7.90. The average molecular weight is 351 g/mol. The first-order chi connectivity index (χ1) is 8.65. The van der Waals surface area contributed by atoms with Gasteiger partial charge < -0.3 is 10.6 Å². The van der Waals surface area contributed by atoms with Crippen molar-refractivity contribution in [3.63, 3.8) is 0 Å². The maximum Gasteiger partial charge on any atom is 0.226 e. The molecule has 0 aromatic carbocycles. The Labute approximate surface area is 123 Å². The Bertz CT molecular complexity index is 440. The molecule has 1 fully saturated rings. The largest absolute Gasteiger partial charge is 0.325 e. The highest BCUT2D eigenvalue weighted by Gasteiger charge is 2.16. The van der Waals surface area contributed by atoms with Crippen LogP contribution in [0, 0.1) is 0 Å². The highest BCUT2D eigenvalue weighted by atomic mass is 79.9. The number of thioether (sulfide) groups is 1. The Hall–Kier alpha value is -0.300. The number of hydrogen-bond donors (Lipinski definition) is 2. The molecule has 1 aromatic heterocycles. The van der Waals surface area contributed by atoms with Crippen molar-refractivity contribution >= 4 is 50.9 Å². The quantitative estimate of drug-likeness (QED) is 0.823. The molecule has 0 aliphatic carbocycles. The summed E-state index contributed by atoms with van der Waals surface area (Å²) in [6, 6.07) is 2.00. The van der Waals surface area contributed by atoms with E-state index in [1.807, 2.05) is 11.8 Å².